The van der Waals surface area contributed by atoms with Gasteiger partial charge in [0.2, 0.25) is 0 Å². The zero-order valence-electron chi connectivity index (χ0n) is 18.7. The van der Waals surface area contributed by atoms with E-state index in [1.54, 1.807) is 38.7 Å². The van der Waals surface area contributed by atoms with Crippen molar-refractivity contribution in [1.82, 2.24) is 19.2 Å². The van der Waals surface area contributed by atoms with Crippen LogP contribution >= 0.6 is 23.1 Å². The van der Waals surface area contributed by atoms with Gasteiger partial charge in [-0.2, -0.15) is 4.37 Å². The molecule has 34 heavy (non-hydrogen) atoms. The monoisotopic (exact) mass is 495 g/mol. The fraction of sp³-hybridized carbons (Fsp3) is 0.250. The summed E-state index contributed by atoms with van der Waals surface area (Å²) in [6.07, 6.45) is 1.57. The number of ether oxygens (including phenoxy) is 2. The highest BCUT2D eigenvalue weighted by Crippen LogP contribution is 2.35. The number of amides is 1. The van der Waals surface area contributed by atoms with Crippen LogP contribution in [-0.4, -0.2) is 65.5 Å². The molecule has 0 unspecified atom stereocenters. The molecule has 0 radical (unpaired) electrons. The van der Waals surface area contributed by atoms with Crippen molar-refractivity contribution in [1.29, 1.82) is 0 Å². The summed E-state index contributed by atoms with van der Waals surface area (Å²) in [6.45, 7) is 2.38. The van der Waals surface area contributed by atoms with Gasteiger partial charge in [-0.25, -0.2) is 9.97 Å². The van der Waals surface area contributed by atoms with E-state index in [-0.39, 0.29) is 5.91 Å². The largest absolute Gasteiger partial charge is 0.496 e. The minimum Gasteiger partial charge on any atom is -0.496 e. The van der Waals surface area contributed by atoms with Crippen LogP contribution in [0.2, 0.25) is 5.02 Å². The third-order valence-electron chi connectivity index (χ3n) is 5.86. The van der Waals surface area contributed by atoms with Gasteiger partial charge >= 0.3 is 0 Å². The molecule has 4 aromatic rings. The number of benzene rings is 2. The lowest BCUT2D eigenvalue weighted by Crippen LogP contribution is -2.49. The number of piperazine rings is 1. The number of carbonyl (C=O) groups is 1. The third-order valence-corrected chi connectivity index (χ3v) is 6.95. The van der Waals surface area contributed by atoms with Crippen molar-refractivity contribution in [2.75, 3.05) is 45.3 Å². The van der Waals surface area contributed by atoms with Crippen LogP contribution in [0.5, 0.6) is 11.5 Å². The van der Waals surface area contributed by atoms with Gasteiger partial charge in [0.05, 0.1) is 14.2 Å². The van der Waals surface area contributed by atoms with Gasteiger partial charge in [-0.3, -0.25) is 4.79 Å². The van der Waals surface area contributed by atoms with E-state index in [0.29, 0.717) is 48.3 Å². The number of hydrogen-bond donors (Lipinski definition) is 0. The fourth-order valence-electron chi connectivity index (χ4n) is 4.12. The van der Waals surface area contributed by atoms with Crippen molar-refractivity contribution in [3.05, 3.63) is 59.4 Å². The summed E-state index contributed by atoms with van der Waals surface area (Å²) in [5.74, 6) is 1.74. The molecule has 3 heterocycles. The van der Waals surface area contributed by atoms with Crippen LogP contribution in [-0.2, 0) is 0 Å². The van der Waals surface area contributed by atoms with Crippen LogP contribution < -0.4 is 14.4 Å². The maximum Gasteiger partial charge on any atom is 0.261 e. The second-order valence-electron chi connectivity index (χ2n) is 7.73. The van der Waals surface area contributed by atoms with Crippen molar-refractivity contribution in [3.63, 3.8) is 0 Å². The molecule has 0 bridgehead atoms. The highest BCUT2D eigenvalue weighted by molar-refractivity contribution is 7.14. The minimum atomic E-state index is -0.107. The van der Waals surface area contributed by atoms with Gasteiger partial charge < -0.3 is 19.3 Å². The van der Waals surface area contributed by atoms with Gasteiger partial charge in [0.15, 0.2) is 5.82 Å². The van der Waals surface area contributed by atoms with Crippen LogP contribution in [0.15, 0.2) is 48.8 Å². The molecular formula is C24H22ClN5O3S. The molecule has 0 atom stereocenters. The number of methoxy groups -OCH3 is 2. The molecule has 8 nitrogen and oxygen atoms in total. The zero-order valence-corrected chi connectivity index (χ0v) is 20.3. The molecule has 1 aliphatic rings. The molecule has 0 spiro atoms. The molecule has 1 saturated heterocycles. The van der Waals surface area contributed by atoms with Crippen molar-refractivity contribution < 1.29 is 14.3 Å². The molecule has 10 heteroatoms. The fourth-order valence-corrected chi connectivity index (χ4v) is 5.12. The van der Waals surface area contributed by atoms with E-state index in [9.17, 15) is 4.79 Å². The van der Waals surface area contributed by atoms with E-state index in [4.69, 9.17) is 21.1 Å². The molecule has 2 aromatic carbocycles. The van der Waals surface area contributed by atoms with E-state index in [0.717, 1.165) is 27.3 Å². The van der Waals surface area contributed by atoms with E-state index < -0.39 is 0 Å². The smallest absolute Gasteiger partial charge is 0.261 e. The Morgan fingerprint density at radius 3 is 2.29 bits per heavy atom. The van der Waals surface area contributed by atoms with E-state index in [2.05, 4.69) is 19.2 Å². The van der Waals surface area contributed by atoms with Crippen LogP contribution in [0.25, 0.3) is 21.5 Å². The van der Waals surface area contributed by atoms with Crippen LogP contribution in [0.4, 0.5) is 5.82 Å². The van der Waals surface area contributed by atoms with Crippen molar-refractivity contribution in [2.45, 2.75) is 0 Å². The number of halogens is 1. The summed E-state index contributed by atoms with van der Waals surface area (Å²) >= 11 is 7.42. The summed E-state index contributed by atoms with van der Waals surface area (Å²) in [5.41, 5.74) is 3.04. The lowest BCUT2D eigenvalue weighted by Gasteiger charge is -2.35. The Kier molecular flexibility index (Phi) is 6.21. The molecule has 1 fully saturated rings. The van der Waals surface area contributed by atoms with Crippen molar-refractivity contribution in [3.8, 4) is 22.8 Å². The Labute approximate surface area is 205 Å². The summed E-state index contributed by atoms with van der Waals surface area (Å²) in [7, 11) is 3.11. The predicted molar refractivity (Wildman–Crippen MR) is 133 cm³/mol. The third kappa shape index (κ3) is 4.01. The van der Waals surface area contributed by atoms with E-state index in [1.165, 1.54) is 11.5 Å². The van der Waals surface area contributed by atoms with Gasteiger partial charge in [0, 0.05) is 36.8 Å². The van der Waals surface area contributed by atoms with Crippen LogP contribution in [0, 0.1) is 0 Å². The minimum absolute atomic E-state index is 0.107. The van der Waals surface area contributed by atoms with Crippen molar-refractivity contribution in [2.24, 2.45) is 0 Å². The molecule has 0 saturated carbocycles. The van der Waals surface area contributed by atoms with Gasteiger partial charge in [-0.05, 0) is 35.8 Å². The predicted octanol–water partition coefficient (Wildman–Crippen LogP) is 4.39. The Morgan fingerprint density at radius 1 is 0.971 bits per heavy atom. The number of aromatic nitrogens is 3. The second kappa shape index (κ2) is 9.44. The quantitative estimate of drug-likeness (QED) is 0.406. The number of hydrogen-bond acceptors (Lipinski definition) is 8. The van der Waals surface area contributed by atoms with Gasteiger partial charge in [-0.15, -0.1) is 0 Å². The molecule has 5 rings (SSSR count). The molecule has 0 N–H and O–H groups in total. The molecule has 2 aromatic heterocycles. The first-order valence-corrected chi connectivity index (χ1v) is 11.9. The highest BCUT2D eigenvalue weighted by atomic mass is 35.5. The Bertz CT molecular complexity index is 1310. The van der Waals surface area contributed by atoms with Gasteiger partial charge in [0.25, 0.3) is 5.91 Å². The maximum atomic E-state index is 13.3. The Hall–Kier alpha value is -3.43. The van der Waals surface area contributed by atoms with E-state index >= 15 is 0 Å². The van der Waals surface area contributed by atoms with Crippen molar-refractivity contribution >= 4 is 45.1 Å². The van der Waals surface area contributed by atoms with Crippen LogP contribution in [0.1, 0.15) is 10.4 Å². The SMILES string of the molecule is COc1cccc(OC)c1C(=O)N1CCN(c2ncnc3c(-c4ccc(Cl)cc4)nsc23)CC1. The number of carbonyl (C=O) groups excluding carboxylic acids is 1. The highest BCUT2D eigenvalue weighted by Gasteiger charge is 2.28. The Balaban J connectivity index is 1.37. The summed E-state index contributed by atoms with van der Waals surface area (Å²) in [4.78, 5) is 26.4. The van der Waals surface area contributed by atoms with Gasteiger partial charge in [-0.1, -0.05) is 29.8 Å². The first-order valence-electron chi connectivity index (χ1n) is 10.7. The molecule has 1 aliphatic heterocycles. The first kappa shape index (κ1) is 22.4. The topological polar surface area (TPSA) is 80.7 Å². The number of nitrogens with zero attached hydrogens (tertiary/aromatic N) is 5. The lowest BCUT2D eigenvalue weighted by atomic mass is 10.1. The summed E-state index contributed by atoms with van der Waals surface area (Å²) in [5, 5.41) is 0.678. The average Bonchev–Trinajstić information content (AvgIpc) is 3.32. The Morgan fingerprint density at radius 2 is 1.65 bits per heavy atom. The average molecular weight is 496 g/mol. The van der Waals surface area contributed by atoms with E-state index in [1.807, 2.05) is 29.2 Å². The van der Waals surface area contributed by atoms with Crippen LogP contribution in [0.3, 0.4) is 0 Å². The molecule has 0 aliphatic carbocycles. The maximum absolute atomic E-state index is 13.3. The lowest BCUT2D eigenvalue weighted by molar-refractivity contribution is 0.0739. The molecular weight excluding hydrogens is 474 g/mol. The second-order valence-corrected chi connectivity index (χ2v) is 8.94. The number of rotatable bonds is 5. The summed E-state index contributed by atoms with van der Waals surface area (Å²) < 4.78 is 16.4. The molecule has 1 amide bonds. The standard InChI is InChI=1S/C24H22ClN5O3S/c1-32-17-4-3-5-18(33-2)19(17)24(31)30-12-10-29(11-13-30)23-22-21(26-14-27-23)20(28-34-22)15-6-8-16(25)9-7-15/h3-9,14H,10-13H2,1-2H3. The first-order chi connectivity index (χ1) is 16.6. The molecule has 174 valence electrons. The number of anilines is 1. The summed E-state index contributed by atoms with van der Waals surface area (Å²) in [6, 6.07) is 12.9. The normalized spacial score (nSPS) is 13.9. The number of fused-ring (bicyclic) bond motifs is 1. The van der Waals surface area contributed by atoms with Gasteiger partial charge in [0.1, 0.15) is 39.3 Å². The zero-order chi connectivity index (χ0) is 23.7.